The molecule has 0 amide bonds. The van der Waals surface area contributed by atoms with Gasteiger partial charge in [-0.3, -0.25) is 4.68 Å². The molecule has 1 saturated heterocycles. The minimum absolute atomic E-state index is 0.410. The van der Waals surface area contributed by atoms with E-state index in [1.54, 1.807) is 0 Å². The van der Waals surface area contributed by atoms with E-state index >= 15 is 0 Å². The fourth-order valence-electron chi connectivity index (χ4n) is 2.95. The van der Waals surface area contributed by atoms with Gasteiger partial charge in [-0.25, -0.2) is 4.39 Å². The minimum Gasteiger partial charge on any atom is -0.314 e. The smallest absolute Gasteiger partial charge is 0.129 e. The molecular weight excluding hydrogens is 241 g/mol. The maximum atomic E-state index is 14.8. The van der Waals surface area contributed by atoms with E-state index in [-0.39, 0.29) is 0 Å². The molecule has 1 fully saturated rings. The number of hydrogen-bond donors (Lipinski definition) is 1. The summed E-state index contributed by atoms with van der Waals surface area (Å²) >= 11 is 0. The van der Waals surface area contributed by atoms with Gasteiger partial charge >= 0.3 is 0 Å². The van der Waals surface area contributed by atoms with E-state index in [1.165, 1.54) is 0 Å². The Kier molecular flexibility index (Phi) is 3.27. The van der Waals surface area contributed by atoms with E-state index in [1.807, 2.05) is 22.9 Å². The number of para-hydroxylation sites is 1. The highest BCUT2D eigenvalue weighted by Crippen LogP contribution is 2.28. The van der Waals surface area contributed by atoms with Gasteiger partial charge in [-0.15, -0.1) is 0 Å². The molecule has 1 unspecified atom stereocenters. The largest absolute Gasteiger partial charge is 0.314 e. The molecule has 4 heteroatoms. The predicted molar refractivity (Wildman–Crippen MR) is 75.1 cm³/mol. The summed E-state index contributed by atoms with van der Waals surface area (Å²) in [6, 6.07) is 8.10. The Balaban J connectivity index is 1.96. The van der Waals surface area contributed by atoms with Crippen LogP contribution in [0, 0.1) is 0 Å². The Bertz CT molecular complexity index is 570. The molecular formula is C15H20FN3. The number of aryl methyl sites for hydroxylation is 1. The normalized spacial score (nSPS) is 23.9. The molecule has 1 aliphatic rings. The molecule has 1 N–H and O–H groups in total. The number of aromatic nitrogens is 2. The lowest BCUT2D eigenvalue weighted by Gasteiger charge is -2.29. The fourth-order valence-corrected chi connectivity index (χ4v) is 2.95. The lowest BCUT2D eigenvalue weighted by atomic mass is 9.90. The molecule has 3 nitrogen and oxygen atoms in total. The van der Waals surface area contributed by atoms with Gasteiger partial charge in [0.05, 0.1) is 11.2 Å². The van der Waals surface area contributed by atoms with Crippen LogP contribution in [-0.2, 0) is 13.0 Å². The van der Waals surface area contributed by atoms with Crippen LogP contribution in [0.25, 0.3) is 10.9 Å². The number of piperidine rings is 1. The number of hydrogen-bond acceptors (Lipinski definition) is 2. The maximum Gasteiger partial charge on any atom is 0.129 e. The zero-order valence-electron chi connectivity index (χ0n) is 11.3. The van der Waals surface area contributed by atoms with Gasteiger partial charge < -0.3 is 5.32 Å². The van der Waals surface area contributed by atoms with Gasteiger partial charge in [-0.1, -0.05) is 18.2 Å². The first kappa shape index (κ1) is 12.6. The molecule has 1 aromatic carbocycles. The quantitative estimate of drug-likeness (QED) is 0.920. The van der Waals surface area contributed by atoms with Crippen LogP contribution in [0.15, 0.2) is 24.3 Å². The molecule has 1 atom stereocenters. The molecule has 1 aliphatic heterocycles. The summed E-state index contributed by atoms with van der Waals surface area (Å²) in [6.07, 6.45) is 1.95. The van der Waals surface area contributed by atoms with E-state index in [0.29, 0.717) is 19.4 Å². The van der Waals surface area contributed by atoms with Gasteiger partial charge in [0.15, 0.2) is 0 Å². The molecule has 0 saturated carbocycles. The van der Waals surface area contributed by atoms with Crippen molar-refractivity contribution in [1.82, 2.24) is 15.1 Å². The zero-order chi connectivity index (χ0) is 13.3. The number of alkyl halides is 1. The lowest BCUT2D eigenvalue weighted by molar-refractivity contribution is 0.121. The number of benzene rings is 1. The van der Waals surface area contributed by atoms with Crippen molar-refractivity contribution in [3.8, 4) is 0 Å². The molecule has 3 rings (SSSR count). The molecule has 102 valence electrons. The molecule has 0 spiro atoms. The van der Waals surface area contributed by atoms with E-state index < -0.39 is 5.67 Å². The number of halogens is 1. The Morgan fingerprint density at radius 2 is 2.26 bits per heavy atom. The summed E-state index contributed by atoms with van der Waals surface area (Å²) in [5.74, 6) is 0. The summed E-state index contributed by atoms with van der Waals surface area (Å²) in [5, 5.41) is 8.84. The van der Waals surface area contributed by atoms with Crippen molar-refractivity contribution in [2.75, 3.05) is 13.1 Å². The highest BCUT2D eigenvalue weighted by atomic mass is 19.1. The maximum absolute atomic E-state index is 14.8. The highest BCUT2D eigenvalue weighted by molar-refractivity contribution is 5.82. The average Bonchev–Trinajstić information content (AvgIpc) is 2.77. The summed E-state index contributed by atoms with van der Waals surface area (Å²) in [7, 11) is 0. The van der Waals surface area contributed by atoms with Crippen molar-refractivity contribution in [1.29, 1.82) is 0 Å². The lowest BCUT2D eigenvalue weighted by Crippen LogP contribution is -2.43. The molecule has 2 heterocycles. The van der Waals surface area contributed by atoms with E-state index in [0.717, 1.165) is 36.1 Å². The van der Waals surface area contributed by atoms with Crippen molar-refractivity contribution >= 4 is 10.9 Å². The molecule has 2 aromatic rings. The first-order valence-electron chi connectivity index (χ1n) is 7.06. The number of rotatable bonds is 3. The SMILES string of the molecule is CCn1nc(CC2(F)CCCNC2)c2ccccc21. The summed E-state index contributed by atoms with van der Waals surface area (Å²) in [6.45, 7) is 4.25. The number of nitrogens with zero attached hydrogens (tertiary/aromatic N) is 2. The predicted octanol–water partition coefficient (Wildman–Crippen LogP) is 2.69. The second-order valence-electron chi connectivity index (χ2n) is 5.39. The first-order valence-corrected chi connectivity index (χ1v) is 7.06. The van der Waals surface area contributed by atoms with Crippen LogP contribution in [0.4, 0.5) is 4.39 Å². The average molecular weight is 261 g/mol. The Labute approximate surface area is 112 Å². The van der Waals surface area contributed by atoms with Crippen LogP contribution in [0.2, 0.25) is 0 Å². The number of nitrogens with one attached hydrogen (secondary N) is 1. The third-order valence-corrected chi connectivity index (χ3v) is 3.94. The standard InChI is InChI=1S/C15H20FN3/c1-2-19-14-7-4-3-6-12(14)13(18-19)10-15(16)8-5-9-17-11-15/h3-4,6-7,17H,2,5,8-11H2,1H3. The second kappa shape index (κ2) is 4.93. The van der Waals surface area contributed by atoms with Crippen molar-refractivity contribution < 1.29 is 4.39 Å². The topological polar surface area (TPSA) is 29.9 Å². The summed E-state index contributed by atoms with van der Waals surface area (Å²) in [4.78, 5) is 0. The van der Waals surface area contributed by atoms with Gasteiger partial charge in [0, 0.05) is 24.9 Å². The van der Waals surface area contributed by atoms with Crippen LogP contribution < -0.4 is 5.32 Å². The van der Waals surface area contributed by atoms with Gasteiger partial charge in [0.2, 0.25) is 0 Å². The molecule has 0 bridgehead atoms. The van der Waals surface area contributed by atoms with Crippen LogP contribution in [0.3, 0.4) is 0 Å². The van der Waals surface area contributed by atoms with Gasteiger partial charge in [-0.05, 0) is 32.4 Å². The van der Waals surface area contributed by atoms with Crippen molar-refractivity contribution in [3.63, 3.8) is 0 Å². The molecule has 0 radical (unpaired) electrons. The summed E-state index contributed by atoms with van der Waals surface area (Å²) in [5.41, 5.74) is 0.851. The molecule has 0 aliphatic carbocycles. The second-order valence-corrected chi connectivity index (χ2v) is 5.39. The zero-order valence-corrected chi connectivity index (χ0v) is 11.3. The Hall–Kier alpha value is -1.42. The fraction of sp³-hybridized carbons (Fsp3) is 0.533. The van der Waals surface area contributed by atoms with Crippen molar-refractivity contribution in [2.45, 2.75) is 38.4 Å². The monoisotopic (exact) mass is 261 g/mol. The summed E-state index contributed by atoms with van der Waals surface area (Å²) < 4.78 is 16.8. The van der Waals surface area contributed by atoms with Crippen molar-refractivity contribution in [2.24, 2.45) is 0 Å². The van der Waals surface area contributed by atoms with Gasteiger partial charge in [0.25, 0.3) is 0 Å². The first-order chi connectivity index (χ1) is 9.22. The van der Waals surface area contributed by atoms with Crippen LogP contribution in [0.5, 0.6) is 0 Å². The Morgan fingerprint density at radius 1 is 1.42 bits per heavy atom. The van der Waals surface area contributed by atoms with Gasteiger partial charge in [0.1, 0.15) is 5.67 Å². The third kappa shape index (κ3) is 2.37. The Morgan fingerprint density at radius 3 is 3.00 bits per heavy atom. The van der Waals surface area contributed by atoms with Crippen LogP contribution >= 0.6 is 0 Å². The van der Waals surface area contributed by atoms with Gasteiger partial charge in [-0.2, -0.15) is 5.10 Å². The molecule has 19 heavy (non-hydrogen) atoms. The number of fused-ring (bicyclic) bond motifs is 1. The van der Waals surface area contributed by atoms with Crippen LogP contribution in [0.1, 0.15) is 25.5 Å². The minimum atomic E-state index is -1.14. The van der Waals surface area contributed by atoms with E-state index in [2.05, 4.69) is 23.4 Å². The molecule has 1 aromatic heterocycles. The van der Waals surface area contributed by atoms with Crippen molar-refractivity contribution in [3.05, 3.63) is 30.0 Å². The highest BCUT2D eigenvalue weighted by Gasteiger charge is 2.33. The van der Waals surface area contributed by atoms with Crippen LogP contribution in [-0.4, -0.2) is 28.5 Å². The van der Waals surface area contributed by atoms with E-state index in [9.17, 15) is 4.39 Å². The third-order valence-electron chi connectivity index (χ3n) is 3.94. The van der Waals surface area contributed by atoms with E-state index in [4.69, 9.17) is 0 Å².